The van der Waals surface area contributed by atoms with Gasteiger partial charge in [-0.05, 0) is 55.8 Å². The molecule has 0 radical (unpaired) electrons. The van der Waals surface area contributed by atoms with E-state index in [1.165, 1.54) is 77.0 Å². The van der Waals surface area contributed by atoms with E-state index in [9.17, 15) is 0 Å². The SMILES string of the molecule is CCCCCCCC1C=CC(C2CCC(C)CC2)CC1. The Morgan fingerprint density at radius 3 is 2.20 bits per heavy atom. The zero-order valence-corrected chi connectivity index (χ0v) is 13.9. The quantitative estimate of drug-likeness (QED) is 0.356. The van der Waals surface area contributed by atoms with E-state index in [2.05, 4.69) is 26.0 Å². The summed E-state index contributed by atoms with van der Waals surface area (Å²) in [6.45, 7) is 4.73. The molecule has 1 saturated carbocycles. The van der Waals surface area contributed by atoms with Gasteiger partial charge in [-0.1, -0.05) is 70.9 Å². The van der Waals surface area contributed by atoms with E-state index in [-0.39, 0.29) is 0 Å². The molecule has 0 aromatic carbocycles. The number of unbranched alkanes of at least 4 members (excludes halogenated alkanes) is 4. The van der Waals surface area contributed by atoms with Crippen LogP contribution in [0.25, 0.3) is 0 Å². The molecule has 0 saturated heterocycles. The summed E-state index contributed by atoms with van der Waals surface area (Å²) in [6.07, 6.45) is 22.7. The van der Waals surface area contributed by atoms with Crippen molar-refractivity contribution in [3.63, 3.8) is 0 Å². The van der Waals surface area contributed by atoms with E-state index >= 15 is 0 Å². The van der Waals surface area contributed by atoms with Gasteiger partial charge in [0.1, 0.15) is 0 Å². The first-order valence-electron chi connectivity index (χ1n) is 9.48. The van der Waals surface area contributed by atoms with Crippen molar-refractivity contribution in [3.8, 4) is 0 Å². The lowest BCUT2D eigenvalue weighted by atomic mass is 9.72. The van der Waals surface area contributed by atoms with Crippen molar-refractivity contribution in [2.24, 2.45) is 23.7 Å². The lowest BCUT2D eigenvalue weighted by Gasteiger charge is -2.34. The van der Waals surface area contributed by atoms with Crippen LogP contribution in [0, 0.1) is 23.7 Å². The van der Waals surface area contributed by atoms with Crippen molar-refractivity contribution < 1.29 is 0 Å². The largest absolute Gasteiger partial charge is 0.0851 e. The fraction of sp³-hybridized carbons (Fsp3) is 0.900. The molecule has 2 atom stereocenters. The molecule has 0 heteroatoms. The van der Waals surface area contributed by atoms with Crippen molar-refractivity contribution in [1.29, 1.82) is 0 Å². The van der Waals surface area contributed by atoms with Gasteiger partial charge in [0.15, 0.2) is 0 Å². The summed E-state index contributed by atoms with van der Waals surface area (Å²) >= 11 is 0. The van der Waals surface area contributed by atoms with Gasteiger partial charge in [0, 0.05) is 0 Å². The van der Waals surface area contributed by atoms with Crippen LogP contribution < -0.4 is 0 Å². The van der Waals surface area contributed by atoms with Gasteiger partial charge < -0.3 is 0 Å². The first-order chi connectivity index (χ1) is 9.79. The fourth-order valence-corrected chi connectivity index (χ4v) is 4.26. The molecule has 0 aromatic heterocycles. The third-order valence-corrected chi connectivity index (χ3v) is 5.85. The maximum absolute atomic E-state index is 2.61. The van der Waals surface area contributed by atoms with Crippen molar-refractivity contribution in [2.45, 2.75) is 90.9 Å². The van der Waals surface area contributed by atoms with Gasteiger partial charge in [0.2, 0.25) is 0 Å². The topological polar surface area (TPSA) is 0 Å². The van der Waals surface area contributed by atoms with Crippen LogP contribution in [0.15, 0.2) is 12.2 Å². The van der Waals surface area contributed by atoms with Gasteiger partial charge in [-0.2, -0.15) is 0 Å². The number of rotatable bonds is 7. The Kier molecular flexibility index (Phi) is 7.17. The summed E-state index contributed by atoms with van der Waals surface area (Å²) in [4.78, 5) is 0. The van der Waals surface area contributed by atoms with E-state index in [1.807, 2.05) is 0 Å². The van der Waals surface area contributed by atoms with Gasteiger partial charge >= 0.3 is 0 Å². The molecule has 2 rings (SSSR count). The molecule has 0 heterocycles. The Morgan fingerprint density at radius 1 is 0.800 bits per heavy atom. The highest BCUT2D eigenvalue weighted by molar-refractivity contribution is 5.00. The summed E-state index contributed by atoms with van der Waals surface area (Å²) in [7, 11) is 0. The highest BCUT2D eigenvalue weighted by Crippen LogP contribution is 2.39. The van der Waals surface area contributed by atoms with Crippen LogP contribution in [0.3, 0.4) is 0 Å². The Bertz CT molecular complexity index is 270. The summed E-state index contributed by atoms with van der Waals surface area (Å²) in [5.41, 5.74) is 0. The van der Waals surface area contributed by atoms with Gasteiger partial charge in [-0.25, -0.2) is 0 Å². The average molecular weight is 277 g/mol. The van der Waals surface area contributed by atoms with Crippen molar-refractivity contribution in [1.82, 2.24) is 0 Å². The zero-order valence-electron chi connectivity index (χ0n) is 13.9. The number of hydrogen-bond acceptors (Lipinski definition) is 0. The molecule has 0 aliphatic heterocycles. The third-order valence-electron chi connectivity index (χ3n) is 5.85. The average Bonchev–Trinajstić information content (AvgIpc) is 2.49. The Morgan fingerprint density at radius 2 is 1.55 bits per heavy atom. The fourth-order valence-electron chi connectivity index (χ4n) is 4.26. The second-order valence-corrected chi connectivity index (χ2v) is 7.61. The molecule has 1 fully saturated rings. The molecule has 20 heavy (non-hydrogen) atoms. The minimum Gasteiger partial charge on any atom is -0.0851 e. The molecule has 0 aromatic rings. The van der Waals surface area contributed by atoms with Gasteiger partial charge in [-0.15, -0.1) is 0 Å². The number of hydrogen-bond donors (Lipinski definition) is 0. The predicted molar refractivity (Wildman–Crippen MR) is 89.9 cm³/mol. The van der Waals surface area contributed by atoms with Crippen LogP contribution in [0.5, 0.6) is 0 Å². The van der Waals surface area contributed by atoms with E-state index < -0.39 is 0 Å². The molecule has 2 unspecified atom stereocenters. The Hall–Kier alpha value is -0.260. The Labute approximate surface area is 127 Å². The summed E-state index contributed by atoms with van der Waals surface area (Å²) in [5.74, 6) is 3.86. The minimum atomic E-state index is 0.912. The van der Waals surface area contributed by atoms with E-state index in [0.29, 0.717) is 0 Å². The minimum absolute atomic E-state index is 0.912. The van der Waals surface area contributed by atoms with Crippen LogP contribution in [-0.4, -0.2) is 0 Å². The molecule has 0 N–H and O–H groups in total. The first-order valence-corrected chi connectivity index (χ1v) is 9.48. The van der Waals surface area contributed by atoms with Crippen LogP contribution in [0.1, 0.15) is 90.9 Å². The molecular weight excluding hydrogens is 240 g/mol. The highest BCUT2D eigenvalue weighted by Gasteiger charge is 2.26. The molecule has 2 aliphatic rings. The first kappa shape index (κ1) is 16.1. The van der Waals surface area contributed by atoms with Gasteiger partial charge in [-0.3, -0.25) is 0 Å². The molecule has 0 spiro atoms. The molecular formula is C20H36. The summed E-state index contributed by atoms with van der Waals surface area (Å²) in [5, 5.41) is 0. The molecule has 116 valence electrons. The molecule has 0 nitrogen and oxygen atoms in total. The zero-order chi connectivity index (χ0) is 14.2. The Balaban J connectivity index is 1.63. The summed E-state index contributed by atoms with van der Waals surface area (Å²) in [6, 6.07) is 0. The van der Waals surface area contributed by atoms with Crippen molar-refractivity contribution in [3.05, 3.63) is 12.2 Å². The van der Waals surface area contributed by atoms with Crippen LogP contribution in [0.4, 0.5) is 0 Å². The second-order valence-electron chi connectivity index (χ2n) is 7.61. The van der Waals surface area contributed by atoms with Crippen molar-refractivity contribution >= 4 is 0 Å². The predicted octanol–water partition coefficient (Wildman–Crippen LogP) is 6.76. The van der Waals surface area contributed by atoms with E-state index in [1.54, 1.807) is 0 Å². The maximum atomic E-state index is 2.61. The lowest BCUT2D eigenvalue weighted by molar-refractivity contribution is 0.219. The van der Waals surface area contributed by atoms with Crippen LogP contribution in [0.2, 0.25) is 0 Å². The third kappa shape index (κ3) is 5.26. The molecule has 2 aliphatic carbocycles. The second kappa shape index (κ2) is 8.90. The van der Waals surface area contributed by atoms with E-state index in [4.69, 9.17) is 0 Å². The van der Waals surface area contributed by atoms with Gasteiger partial charge in [0.05, 0.1) is 0 Å². The lowest BCUT2D eigenvalue weighted by Crippen LogP contribution is -2.22. The number of allylic oxidation sites excluding steroid dienone is 2. The van der Waals surface area contributed by atoms with Crippen LogP contribution in [-0.2, 0) is 0 Å². The standard InChI is InChI=1S/C20H36/c1-3-4-5-6-7-8-18-11-15-20(16-12-18)19-13-9-17(2)10-14-19/h11,15,17-20H,3-10,12-14,16H2,1-2H3. The van der Waals surface area contributed by atoms with Gasteiger partial charge in [0.25, 0.3) is 0 Å². The molecule has 0 amide bonds. The van der Waals surface area contributed by atoms with E-state index in [0.717, 1.165) is 23.7 Å². The monoisotopic (exact) mass is 276 g/mol. The molecule has 0 bridgehead atoms. The highest BCUT2D eigenvalue weighted by atomic mass is 14.3. The summed E-state index contributed by atoms with van der Waals surface area (Å²) < 4.78 is 0. The maximum Gasteiger partial charge on any atom is -0.0205 e. The van der Waals surface area contributed by atoms with Crippen LogP contribution >= 0.6 is 0 Å². The normalized spacial score (nSPS) is 34.3. The smallest absolute Gasteiger partial charge is 0.0205 e. The van der Waals surface area contributed by atoms with Crippen molar-refractivity contribution in [2.75, 3.05) is 0 Å².